The smallest absolute Gasteiger partial charge is 0.343 e. The maximum Gasteiger partial charge on any atom is 0.343 e. The van der Waals surface area contributed by atoms with Crippen LogP contribution in [-0.2, 0) is 9.59 Å². The van der Waals surface area contributed by atoms with Gasteiger partial charge in [-0.15, -0.1) is 0 Å². The topological polar surface area (TPSA) is 57.6 Å². The van der Waals surface area contributed by atoms with E-state index in [2.05, 4.69) is 0 Å². The zero-order chi connectivity index (χ0) is 16.3. The predicted molar refractivity (Wildman–Crippen MR) is 81.3 cm³/mol. The SMILES string of the molecule is CCC(C)C(C(=O)N1CCC(F)(C(=O)O)C1)c1ccccc1. The fourth-order valence-electron chi connectivity index (χ4n) is 2.94. The molecular formula is C17H22FNO3. The van der Waals surface area contributed by atoms with Gasteiger partial charge in [0.05, 0.1) is 12.5 Å². The lowest BCUT2D eigenvalue weighted by atomic mass is 9.84. The van der Waals surface area contributed by atoms with E-state index in [9.17, 15) is 14.0 Å². The summed E-state index contributed by atoms with van der Waals surface area (Å²) in [5.41, 5.74) is -1.42. The number of aliphatic carboxylic acids is 1. The van der Waals surface area contributed by atoms with Gasteiger partial charge in [0.15, 0.2) is 0 Å². The molecule has 1 aromatic carbocycles. The molecule has 0 aromatic heterocycles. The van der Waals surface area contributed by atoms with Crippen molar-refractivity contribution in [1.82, 2.24) is 4.90 Å². The van der Waals surface area contributed by atoms with Gasteiger partial charge in [-0.1, -0.05) is 50.6 Å². The first kappa shape index (κ1) is 16.5. The highest BCUT2D eigenvalue weighted by molar-refractivity contribution is 5.86. The summed E-state index contributed by atoms with van der Waals surface area (Å²) in [6.07, 6.45) is 0.676. The average molecular weight is 307 g/mol. The third-order valence-electron chi connectivity index (χ3n) is 4.55. The molecular weight excluding hydrogens is 285 g/mol. The summed E-state index contributed by atoms with van der Waals surface area (Å²) >= 11 is 0. The minimum Gasteiger partial charge on any atom is -0.479 e. The first-order valence-electron chi connectivity index (χ1n) is 7.65. The zero-order valence-electron chi connectivity index (χ0n) is 13.0. The molecule has 3 atom stereocenters. The van der Waals surface area contributed by atoms with Gasteiger partial charge in [-0.25, -0.2) is 9.18 Å². The largest absolute Gasteiger partial charge is 0.479 e. The fraction of sp³-hybridized carbons (Fsp3) is 0.529. The molecule has 1 aromatic rings. The van der Waals surface area contributed by atoms with Crippen LogP contribution >= 0.6 is 0 Å². The van der Waals surface area contributed by atoms with Crippen LogP contribution in [-0.4, -0.2) is 40.6 Å². The number of nitrogens with zero attached hydrogens (tertiary/aromatic N) is 1. The van der Waals surface area contributed by atoms with Gasteiger partial charge in [0.1, 0.15) is 0 Å². The molecule has 1 saturated heterocycles. The van der Waals surface area contributed by atoms with E-state index >= 15 is 0 Å². The van der Waals surface area contributed by atoms with Gasteiger partial charge >= 0.3 is 5.97 Å². The van der Waals surface area contributed by atoms with E-state index < -0.39 is 11.6 Å². The van der Waals surface area contributed by atoms with Gasteiger partial charge in [-0.2, -0.15) is 0 Å². The number of rotatable bonds is 5. The van der Waals surface area contributed by atoms with E-state index in [-0.39, 0.29) is 37.3 Å². The van der Waals surface area contributed by atoms with Crippen molar-refractivity contribution < 1.29 is 19.1 Å². The summed E-state index contributed by atoms with van der Waals surface area (Å²) in [5.74, 6) is -1.92. The molecule has 1 N–H and O–H groups in total. The Morgan fingerprint density at radius 2 is 2.00 bits per heavy atom. The number of carbonyl (C=O) groups is 2. The van der Waals surface area contributed by atoms with Crippen LogP contribution < -0.4 is 0 Å². The molecule has 0 aliphatic carbocycles. The van der Waals surface area contributed by atoms with Crippen molar-refractivity contribution in [3.63, 3.8) is 0 Å². The van der Waals surface area contributed by atoms with Crippen LogP contribution in [0.5, 0.6) is 0 Å². The highest BCUT2D eigenvalue weighted by atomic mass is 19.1. The Balaban J connectivity index is 2.23. The second-order valence-corrected chi connectivity index (χ2v) is 6.05. The van der Waals surface area contributed by atoms with Gasteiger partial charge in [0.2, 0.25) is 11.6 Å². The third kappa shape index (κ3) is 3.13. The second-order valence-electron chi connectivity index (χ2n) is 6.05. The molecule has 0 spiro atoms. The highest BCUT2D eigenvalue weighted by Crippen LogP contribution is 2.33. The summed E-state index contributed by atoms with van der Waals surface area (Å²) in [6.45, 7) is 3.79. The van der Waals surface area contributed by atoms with Crippen LogP contribution in [0.2, 0.25) is 0 Å². The molecule has 120 valence electrons. The Morgan fingerprint density at radius 1 is 1.36 bits per heavy atom. The van der Waals surface area contributed by atoms with Crippen molar-refractivity contribution in [2.24, 2.45) is 5.92 Å². The number of carbonyl (C=O) groups excluding carboxylic acids is 1. The molecule has 0 bridgehead atoms. The zero-order valence-corrected chi connectivity index (χ0v) is 13.0. The molecule has 1 aliphatic heterocycles. The Bertz CT molecular complexity index is 548. The van der Waals surface area contributed by atoms with Crippen molar-refractivity contribution in [3.8, 4) is 0 Å². The molecule has 5 heteroatoms. The second kappa shape index (κ2) is 6.46. The van der Waals surface area contributed by atoms with E-state index in [1.54, 1.807) is 0 Å². The van der Waals surface area contributed by atoms with Gasteiger partial charge in [0, 0.05) is 13.0 Å². The Labute approximate surface area is 129 Å². The highest BCUT2D eigenvalue weighted by Gasteiger charge is 2.48. The lowest BCUT2D eigenvalue weighted by Crippen LogP contribution is -2.41. The number of amides is 1. The quantitative estimate of drug-likeness (QED) is 0.910. The molecule has 22 heavy (non-hydrogen) atoms. The fourth-order valence-corrected chi connectivity index (χ4v) is 2.94. The maximum atomic E-state index is 14.2. The molecule has 0 saturated carbocycles. The number of hydrogen-bond donors (Lipinski definition) is 1. The molecule has 0 radical (unpaired) electrons. The van der Waals surface area contributed by atoms with E-state index in [4.69, 9.17) is 5.11 Å². The van der Waals surface area contributed by atoms with E-state index in [0.29, 0.717) is 0 Å². The lowest BCUT2D eigenvalue weighted by Gasteiger charge is -2.28. The first-order valence-corrected chi connectivity index (χ1v) is 7.65. The number of benzene rings is 1. The summed E-state index contributed by atoms with van der Waals surface area (Å²) in [5, 5.41) is 8.97. The van der Waals surface area contributed by atoms with Crippen LogP contribution in [0.4, 0.5) is 4.39 Å². The summed E-state index contributed by atoms with van der Waals surface area (Å²) in [7, 11) is 0. The average Bonchev–Trinajstić information content (AvgIpc) is 2.92. The molecule has 1 aliphatic rings. The maximum absolute atomic E-state index is 14.2. The lowest BCUT2D eigenvalue weighted by molar-refractivity contribution is -0.150. The molecule has 3 unspecified atom stereocenters. The van der Waals surface area contributed by atoms with Crippen molar-refractivity contribution in [2.75, 3.05) is 13.1 Å². The van der Waals surface area contributed by atoms with Gasteiger partial charge in [-0.05, 0) is 11.5 Å². The molecule has 1 amide bonds. The summed E-state index contributed by atoms with van der Waals surface area (Å²) in [6, 6.07) is 9.42. The van der Waals surface area contributed by atoms with Crippen molar-refractivity contribution in [1.29, 1.82) is 0 Å². The normalized spacial score (nSPS) is 24.0. The third-order valence-corrected chi connectivity index (χ3v) is 4.55. The van der Waals surface area contributed by atoms with Crippen molar-refractivity contribution in [2.45, 2.75) is 38.3 Å². The van der Waals surface area contributed by atoms with Crippen LogP contribution in [0.3, 0.4) is 0 Å². The minimum absolute atomic E-state index is 0.106. The first-order chi connectivity index (χ1) is 10.4. The Hall–Kier alpha value is -1.91. The predicted octanol–water partition coefficient (Wildman–Crippen LogP) is 2.84. The number of likely N-dealkylation sites (tertiary alicyclic amines) is 1. The van der Waals surface area contributed by atoms with Gasteiger partial charge < -0.3 is 10.0 Å². The molecule has 1 heterocycles. The van der Waals surface area contributed by atoms with Crippen LogP contribution in [0.1, 0.15) is 38.2 Å². The van der Waals surface area contributed by atoms with Gasteiger partial charge in [-0.3, -0.25) is 4.79 Å². The number of carboxylic acid groups (broad SMARTS) is 1. The van der Waals surface area contributed by atoms with E-state index in [1.807, 2.05) is 44.2 Å². The van der Waals surface area contributed by atoms with Crippen molar-refractivity contribution >= 4 is 11.9 Å². The number of alkyl halides is 1. The summed E-state index contributed by atoms with van der Waals surface area (Å²) < 4.78 is 14.2. The monoisotopic (exact) mass is 307 g/mol. The van der Waals surface area contributed by atoms with E-state index in [1.165, 1.54) is 4.90 Å². The van der Waals surface area contributed by atoms with Crippen LogP contribution in [0, 0.1) is 5.92 Å². The Kier molecular flexibility index (Phi) is 4.84. The van der Waals surface area contributed by atoms with Crippen LogP contribution in [0.25, 0.3) is 0 Å². The number of halogens is 1. The van der Waals surface area contributed by atoms with Crippen molar-refractivity contribution in [3.05, 3.63) is 35.9 Å². The van der Waals surface area contributed by atoms with Gasteiger partial charge in [0.25, 0.3) is 0 Å². The van der Waals surface area contributed by atoms with Crippen LogP contribution in [0.15, 0.2) is 30.3 Å². The van der Waals surface area contributed by atoms with E-state index in [0.717, 1.165) is 12.0 Å². The molecule has 2 rings (SSSR count). The number of hydrogen-bond acceptors (Lipinski definition) is 2. The number of carboxylic acids is 1. The molecule has 1 fully saturated rings. The Morgan fingerprint density at radius 3 is 2.50 bits per heavy atom. The summed E-state index contributed by atoms with van der Waals surface area (Å²) in [4.78, 5) is 25.2. The minimum atomic E-state index is -2.31. The standard InChI is InChI=1S/C17H22FNO3/c1-3-12(2)14(13-7-5-4-6-8-13)15(20)19-10-9-17(18,11-19)16(21)22/h4-8,12,14H,3,9-11H2,1-2H3,(H,21,22). The molecule has 4 nitrogen and oxygen atoms in total.